The summed E-state index contributed by atoms with van der Waals surface area (Å²) in [4.78, 5) is 4.30. The number of aliphatic hydroxyl groups excluding tert-OH is 1. The van der Waals surface area contributed by atoms with Crippen molar-refractivity contribution in [2.75, 3.05) is 0 Å². The predicted molar refractivity (Wildman–Crippen MR) is 81.7 cm³/mol. The molecule has 2 heteroatoms. The third-order valence-corrected chi connectivity index (χ3v) is 3.50. The molecule has 100 valence electrons. The van der Waals surface area contributed by atoms with Crippen molar-refractivity contribution in [2.45, 2.75) is 20.0 Å². The van der Waals surface area contributed by atoms with Crippen LogP contribution >= 0.6 is 0 Å². The second-order valence-corrected chi connectivity index (χ2v) is 5.28. The van der Waals surface area contributed by atoms with Gasteiger partial charge in [-0.25, -0.2) is 0 Å². The van der Waals surface area contributed by atoms with E-state index in [0.717, 1.165) is 22.0 Å². The summed E-state index contributed by atoms with van der Waals surface area (Å²) in [6.45, 7) is 4.10. The van der Waals surface area contributed by atoms with E-state index < -0.39 is 6.10 Å². The minimum atomic E-state index is -0.599. The summed E-state index contributed by atoms with van der Waals surface area (Å²) in [5, 5.41) is 11.6. The Hall–Kier alpha value is -2.19. The normalized spacial score (nSPS) is 12.6. The van der Waals surface area contributed by atoms with E-state index in [0.29, 0.717) is 0 Å². The highest BCUT2D eigenvalue weighted by atomic mass is 16.3. The molecule has 2 nitrogen and oxygen atoms in total. The maximum Gasteiger partial charge on any atom is 0.104 e. The van der Waals surface area contributed by atoms with Gasteiger partial charge in [-0.1, -0.05) is 41.5 Å². The van der Waals surface area contributed by atoms with Crippen LogP contribution in [0.1, 0.15) is 28.4 Å². The van der Waals surface area contributed by atoms with Crippen molar-refractivity contribution in [3.63, 3.8) is 0 Å². The number of nitrogens with zero attached hydrogens (tertiary/aromatic N) is 1. The highest BCUT2D eigenvalue weighted by Crippen LogP contribution is 2.26. The Bertz CT molecular complexity index is 744. The van der Waals surface area contributed by atoms with E-state index in [9.17, 15) is 5.11 Å². The summed E-state index contributed by atoms with van der Waals surface area (Å²) < 4.78 is 0. The van der Waals surface area contributed by atoms with Crippen LogP contribution < -0.4 is 0 Å². The molecule has 0 bridgehead atoms. The number of hydrogen-bond donors (Lipinski definition) is 1. The van der Waals surface area contributed by atoms with Crippen molar-refractivity contribution >= 4 is 10.9 Å². The molecule has 1 heterocycles. The average Bonchev–Trinajstić information content (AvgIpc) is 2.45. The van der Waals surface area contributed by atoms with Crippen LogP contribution in [0.4, 0.5) is 0 Å². The van der Waals surface area contributed by atoms with Gasteiger partial charge in [0.25, 0.3) is 0 Å². The van der Waals surface area contributed by atoms with Gasteiger partial charge in [0.05, 0.1) is 5.52 Å². The molecule has 0 fully saturated rings. The molecule has 0 aliphatic rings. The maximum atomic E-state index is 10.6. The van der Waals surface area contributed by atoms with Gasteiger partial charge >= 0.3 is 0 Å². The molecule has 3 aromatic rings. The minimum absolute atomic E-state index is 0.599. The van der Waals surface area contributed by atoms with E-state index >= 15 is 0 Å². The van der Waals surface area contributed by atoms with Crippen molar-refractivity contribution in [1.29, 1.82) is 0 Å². The van der Waals surface area contributed by atoms with Crippen LogP contribution in [0.25, 0.3) is 10.9 Å². The Morgan fingerprint density at radius 2 is 1.65 bits per heavy atom. The summed E-state index contributed by atoms with van der Waals surface area (Å²) in [6, 6.07) is 16.0. The van der Waals surface area contributed by atoms with E-state index in [1.54, 1.807) is 6.20 Å². The van der Waals surface area contributed by atoms with Crippen LogP contribution in [0, 0.1) is 13.8 Å². The first-order valence-corrected chi connectivity index (χ1v) is 6.74. The summed E-state index contributed by atoms with van der Waals surface area (Å²) >= 11 is 0. The molecular weight excluding hydrogens is 246 g/mol. The Labute approximate surface area is 118 Å². The Balaban J connectivity index is 2.05. The van der Waals surface area contributed by atoms with Crippen LogP contribution in [0.15, 0.2) is 54.7 Å². The van der Waals surface area contributed by atoms with Gasteiger partial charge in [-0.05, 0) is 43.2 Å². The van der Waals surface area contributed by atoms with Crippen molar-refractivity contribution in [2.24, 2.45) is 0 Å². The number of benzene rings is 2. The van der Waals surface area contributed by atoms with Gasteiger partial charge < -0.3 is 5.11 Å². The molecule has 0 spiro atoms. The molecule has 20 heavy (non-hydrogen) atoms. The van der Waals surface area contributed by atoms with Gasteiger partial charge in [0.1, 0.15) is 6.10 Å². The standard InChI is InChI=1S/C18H17NO/c1-12-8-13(2)10-16(9-12)18(20)15-5-6-17-14(11-15)4-3-7-19-17/h3-11,18,20H,1-2H3. The third-order valence-electron chi connectivity index (χ3n) is 3.50. The van der Waals surface area contributed by atoms with Gasteiger partial charge in [0.15, 0.2) is 0 Å². The molecule has 0 aliphatic heterocycles. The lowest BCUT2D eigenvalue weighted by Gasteiger charge is -2.14. The van der Waals surface area contributed by atoms with Gasteiger partial charge in [0, 0.05) is 11.6 Å². The first-order valence-electron chi connectivity index (χ1n) is 6.74. The van der Waals surface area contributed by atoms with E-state index in [2.05, 4.69) is 11.1 Å². The molecule has 2 aromatic carbocycles. The SMILES string of the molecule is Cc1cc(C)cc(C(O)c2ccc3ncccc3c2)c1. The van der Waals surface area contributed by atoms with Gasteiger partial charge in [0.2, 0.25) is 0 Å². The van der Waals surface area contributed by atoms with Crippen molar-refractivity contribution in [3.8, 4) is 0 Å². The first kappa shape index (κ1) is 12.8. The molecular formula is C18H17NO. The number of pyridine rings is 1. The van der Waals surface area contributed by atoms with Crippen LogP contribution in [-0.4, -0.2) is 10.1 Å². The molecule has 0 saturated heterocycles. The smallest absolute Gasteiger partial charge is 0.104 e. The highest BCUT2D eigenvalue weighted by Gasteiger charge is 2.11. The van der Waals surface area contributed by atoms with E-state index in [-0.39, 0.29) is 0 Å². The zero-order chi connectivity index (χ0) is 14.1. The second-order valence-electron chi connectivity index (χ2n) is 5.28. The summed E-state index contributed by atoms with van der Waals surface area (Å²) in [7, 11) is 0. The molecule has 0 amide bonds. The molecule has 0 saturated carbocycles. The number of aromatic nitrogens is 1. The zero-order valence-electron chi connectivity index (χ0n) is 11.7. The second kappa shape index (κ2) is 5.06. The van der Waals surface area contributed by atoms with Crippen molar-refractivity contribution in [1.82, 2.24) is 4.98 Å². The monoisotopic (exact) mass is 263 g/mol. The summed E-state index contributed by atoms with van der Waals surface area (Å²) in [5.74, 6) is 0. The molecule has 1 unspecified atom stereocenters. The molecule has 0 aliphatic carbocycles. The maximum absolute atomic E-state index is 10.6. The molecule has 1 aromatic heterocycles. The average molecular weight is 263 g/mol. The quantitative estimate of drug-likeness (QED) is 0.760. The lowest BCUT2D eigenvalue weighted by atomic mass is 9.97. The highest BCUT2D eigenvalue weighted by molar-refractivity contribution is 5.79. The number of fused-ring (bicyclic) bond motifs is 1. The van der Waals surface area contributed by atoms with Crippen molar-refractivity contribution in [3.05, 3.63) is 77.0 Å². The first-order chi connectivity index (χ1) is 9.63. The molecule has 1 atom stereocenters. The fraction of sp³-hybridized carbons (Fsp3) is 0.167. The van der Waals surface area contributed by atoms with Crippen LogP contribution in [-0.2, 0) is 0 Å². The van der Waals surface area contributed by atoms with Gasteiger partial charge in [-0.2, -0.15) is 0 Å². The Morgan fingerprint density at radius 1 is 0.900 bits per heavy atom. The number of aliphatic hydroxyl groups is 1. The van der Waals surface area contributed by atoms with E-state index in [1.807, 2.05) is 56.3 Å². The topological polar surface area (TPSA) is 33.1 Å². The largest absolute Gasteiger partial charge is 0.384 e. The number of hydrogen-bond acceptors (Lipinski definition) is 2. The van der Waals surface area contributed by atoms with E-state index in [4.69, 9.17) is 0 Å². The fourth-order valence-corrected chi connectivity index (χ4v) is 2.62. The molecule has 1 N–H and O–H groups in total. The molecule has 3 rings (SSSR count). The van der Waals surface area contributed by atoms with Crippen molar-refractivity contribution < 1.29 is 5.11 Å². The lowest BCUT2D eigenvalue weighted by molar-refractivity contribution is 0.220. The number of aryl methyl sites for hydroxylation is 2. The predicted octanol–water partition coefficient (Wildman–Crippen LogP) is 3.93. The van der Waals surface area contributed by atoms with Gasteiger partial charge in [-0.3, -0.25) is 4.98 Å². The van der Waals surface area contributed by atoms with E-state index in [1.165, 1.54) is 11.1 Å². The zero-order valence-corrected chi connectivity index (χ0v) is 11.7. The Kier molecular flexibility index (Phi) is 3.25. The summed E-state index contributed by atoms with van der Waals surface area (Å²) in [6.07, 6.45) is 1.18. The van der Waals surface area contributed by atoms with Crippen LogP contribution in [0.3, 0.4) is 0 Å². The van der Waals surface area contributed by atoms with Crippen LogP contribution in [0.2, 0.25) is 0 Å². The lowest BCUT2D eigenvalue weighted by Crippen LogP contribution is -2.00. The Morgan fingerprint density at radius 3 is 2.40 bits per heavy atom. The third kappa shape index (κ3) is 2.43. The molecule has 0 radical (unpaired) electrons. The summed E-state index contributed by atoms with van der Waals surface area (Å²) in [5.41, 5.74) is 5.12. The van der Waals surface area contributed by atoms with Gasteiger partial charge in [-0.15, -0.1) is 0 Å². The minimum Gasteiger partial charge on any atom is -0.384 e. The number of rotatable bonds is 2. The fourth-order valence-electron chi connectivity index (χ4n) is 2.62. The van der Waals surface area contributed by atoms with Crippen LogP contribution in [0.5, 0.6) is 0 Å².